The van der Waals surface area contributed by atoms with Gasteiger partial charge in [0, 0.05) is 27.7 Å². The quantitative estimate of drug-likeness (QED) is 0.646. The number of nitro groups is 1. The van der Waals surface area contributed by atoms with Gasteiger partial charge in [0.2, 0.25) is 0 Å². The van der Waals surface area contributed by atoms with E-state index in [9.17, 15) is 14.9 Å². The second kappa shape index (κ2) is 5.14. The summed E-state index contributed by atoms with van der Waals surface area (Å²) in [5, 5.41) is 11.2. The lowest BCUT2D eigenvalue weighted by Crippen LogP contribution is -2.15. The Bertz CT molecular complexity index is 705. The van der Waals surface area contributed by atoms with E-state index in [2.05, 4.69) is 0 Å². The molecule has 0 atom stereocenters. The highest BCUT2D eigenvalue weighted by atomic mass is 35.5. The predicted octanol–water partition coefficient (Wildman–Crippen LogP) is 3.14. The maximum absolute atomic E-state index is 11.8. The van der Waals surface area contributed by atoms with Crippen molar-refractivity contribution in [2.75, 3.05) is 0 Å². The molecule has 0 aliphatic heterocycles. The average Bonchev–Trinajstić information content (AvgIpc) is 2.58. The smallest absolute Gasteiger partial charge is 0.299 e. The van der Waals surface area contributed by atoms with Crippen molar-refractivity contribution in [1.29, 1.82) is 0 Å². The molecule has 0 aliphatic rings. The van der Waals surface area contributed by atoms with E-state index < -0.39 is 4.92 Å². The summed E-state index contributed by atoms with van der Waals surface area (Å²) in [6, 6.07) is 4.23. The first-order chi connectivity index (χ1) is 8.90. The minimum Gasteiger partial charge on any atom is -0.299 e. The molecule has 1 heterocycles. The second-order valence-corrected chi connectivity index (χ2v) is 5.70. The topological polar surface area (TPSA) is 65.1 Å². The third-order valence-corrected chi connectivity index (χ3v) is 4.31. The van der Waals surface area contributed by atoms with E-state index in [0.717, 1.165) is 21.9 Å². The van der Waals surface area contributed by atoms with Gasteiger partial charge in [0.05, 0.1) is 11.5 Å². The summed E-state index contributed by atoms with van der Waals surface area (Å²) < 4.78 is 1.57. The molecule has 0 aliphatic carbocycles. The summed E-state index contributed by atoms with van der Waals surface area (Å²) >= 11 is 7.19. The third-order valence-electron chi connectivity index (χ3n) is 2.94. The summed E-state index contributed by atoms with van der Waals surface area (Å²) in [4.78, 5) is 22.9. The van der Waals surface area contributed by atoms with E-state index in [1.807, 2.05) is 13.8 Å². The van der Waals surface area contributed by atoms with Gasteiger partial charge in [-0.3, -0.25) is 19.5 Å². The highest BCUT2D eigenvalue weighted by molar-refractivity contribution is 7.09. The van der Waals surface area contributed by atoms with Crippen LogP contribution in [0.4, 0.5) is 5.69 Å². The molecule has 2 rings (SSSR count). The predicted molar refractivity (Wildman–Crippen MR) is 75.3 cm³/mol. The maximum atomic E-state index is 11.8. The van der Waals surface area contributed by atoms with Gasteiger partial charge in [0.25, 0.3) is 5.69 Å². The summed E-state index contributed by atoms with van der Waals surface area (Å²) in [5.74, 6) is 0. The van der Waals surface area contributed by atoms with Crippen molar-refractivity contribution in [3.05, 3.63) is 59.1 Å². The number of non-ortho nitro benzene ring substituents is 1. The second-order valence-electron chi connectivity index (χ2n) is 4.13. The van der Waals surface area contributed by atoms with Crippen molar-refractivity contribution in [3.8, 4) is 0 Å². The van der Waals surface area contributed by atoms with Gasteiger partial charge < -0.3 is 0 Å². The van der Waals surface area contributed by atoms with Crippen LogP contribution in [0.3, 0.4) is 0 Å². The number of nitrogens with zero attached hydrogens (tertiary/aromatic N) is 2. The van der Waals surface area contributed by atoms with E-state index in [-0.39, 0.29) is 17.1 Å². The van der Waals surface area contributed by atoms with Crippen molar-refractivity contribution < 1.29 is 4.92 Å². The molecule has 2 aromatic rings. The van der Waals surface area contributed by atoms with Crippen molar-refractivity contribution in [2.24, 2.45) is 0 Å². The van der Waals surface area contributed by atoms with E-state index >= 15 is 0 Å². The molecular weight excluding hydrogens is 288 g/mol. The number of nitro benzene ring substituents is 1. The van der Waals surface area contributed by atoms with Gasteiger partial charge in [-0.05, 0) is 25.5 Å². The molecule has 0 saturated carbocycles. The van der Waals surface area contributed by atoms with Gasteiger partial charge >= 0.3 is 4.87 Å². The molecule has 1 aromatic carbocycles. The number of thiazole rings is 1. The minimum absolute atomic E-state index is 0.0305. The Morgan fingerprint density at radius 3 is 2.63 bits per heavy atom. The van der Waals surface area contributed by atoms with Gasteiger partial charge in [0.1, 0.15) is 0 Å². The molecule has 0 radical (unpaired) electrons. The van der Waals surface area contributed by atoms with Crippen LogP contribution in [0, 0.1) is 24.0 Å². The Morgan fingerprint density at radius 1 is 1.42 bits per heavy atom. The van der Waals surface area contributed by atoms with Gasteiger partial charge in [-0.2, -0.15) is 0 Å². The highest BCUT2D eigenvalue weighted by Crippen LogP contribution is 2.23. The molecule has 100 valence electrons. The average molecular weight is 299 g/mol. The van der Waals surface area contributed by atoms with Gasteiger partial charge in [-0.25, -0.2) is 0 Å². The van der Waals surface area contributed by atoms with Crippen molar-refractivity contribution in [2.45, 2.75) is 20.4 Å². The lowest BCUT2D eigenvalue weighted by molar-refractivity contribution is -0.384. The van der Waals surface area contributed by atoms with Crippen LogP contribution < -0.4 is 4.87 Å². The lowest BCUT2D eigenvalue weighted by Gasteiger charge is -2.07. The van der Waals surface area contributed by atoms with Crippen LogP contribution in [0.1, 0.15) is 16.1 Å². The number of hydrogen-bond donors (Lipinski definition) is 0. The molecular formula is C12H11ClN2O3S. The molecule has 0 bridgehead atoms. The third kappa shape index (κ3) is 2.69. The first kappa shape index (κ1) is 13.8. The summed E-state index contributed by atoms with van der Waals surface area (Å²) in [5.41, 5.74) is 1.40. The van der Waals surface area contributed by atoms with Crippen LogP contribution in [0.5, 0.6) is 0 Å². The summed E-state index contributed by atoms with van der Waals surface area (Å²) in [7, 11) is 0. The van der Waals surface area contributed by atoms with E-state index in [4.69, 9.17) is 11.6 Å². The zero-order valence-electron chi connectivity index (χ0n) is 10.3. The van der Waals surface area contributed by atoms with Crippen molar-refractivity contribution in [3.63, 3.8) is 0 Å². The van der Waals surface area contributed by atoms with Crippen LogP contribution >= 0.6 is 22.9 Å². The van der Waals surface area contributed by atoms with E-state index in [1.165, 1.54) is 18.2 Å². The molecule has 0 amide bonds. The largest absolute Gasteiger partial charge is 0.307 e. The van der Waals surface area contributed by atoms with Crippen LogP contribution in [-0.2, 0) is 6.54 Å². The highest BCUT2D eigenvalue weighted by Gasteiger charge is 2.13. The molecule has 0 fully saturated rings. The van der Waals surface area contributed by atoms with Crippen molar-refractivity contribution >= 4 is 28.6 Å². The number of hydrogen-bond acceptors (Lipinski definition) is 4. The van der Waals surface area contributed by atoms with Gasteiger partial charge in [-0.1, -0.05) is 22.9 Å². The van der Waals surface area contributed by atoms with Crippen molar-refractivity contribution in [1.82, 2.24) is 4.57 Å². The first-order valence-corrected chi connectivity index (χ1v) is 6.69. The molecule has 5 nitrogen and oxygen atoms in total. The summed E-state index contributed by atoms with van der Waals surface area (Å²) in [6.45, 7) is 3.96. The monoisotopic (exact) mass is 298 g/mol. The normalized spacial score (nSPS) is 10.7. The molecule has 0 saturated heterocycles. The Balaban J connectivity index is 2.46. The fourth-order valence-electron chi connectivity index (χ4n) is 1.74. The lowest BCUT2D eigenvalue weighted by atomic mass is 10.2. The zero-order valence-corrected chi connectivity index (χ0v) is 11.9. The SMILES string of the molecule is Cc1sc(=O)n(Cc2cc([N+](=O)[O-])ccc2Cl)c1C. The molecule has 0 unspecified atom stereocenters. The Labute approximate surface area is 118 Å². The van der Waals surface area contributed by atoms with Crippen LogP contribution in [-0.4, -0.2) is 9.49 Å². The maximum Gasteiger partial charge on any atom is 0.307 e. The number of halogens is 1. The van der Waals surface area contributed by atoms with Crippen LogP contribution in [0.15, 0.2) is 23.0 Å². The summed E-state index contributed by atoms with van der Waals surface area (Å²) in [6.07, 6.45) is 0. The fourth-order valence-corrected chi connectivity index (χ4v) is 2.75. The van der Waals surface area contributed by atoms with E-state index in [0.29, 0.717) is 10.6 Å². The minimum atomic E-state index is -0.478. The zero-order chi connectivity index (χ0) is 14.2. The Morgan fingerprint density at radius 2 is 2.11 bits per heavy atom. The van der Waals surface area contributed by atoms with Crippen LogP contribution in [0.25, 0.3) is 0 Å². The number of benzene rings is 1. The Kier molecular flexibility index (Phi) is 3.73. The number of aromatic nitrogens is 1. The van der Waals surface area contributed by atoms with Gasteiger partial charge in [-0.15, -0.1) is 0 Å². The van der Waals surface area contributed by atoms with Gasteiger partial charge in [0.15, 0.2) is 0 Å². The standard InChI is InChI=1S/C12H11ClN2O3S/c1-7-8(2)19-12(16)14(7)6-9-5-10(15(17)18)3-4-11(9)13/h3-5H,6H2,1-2H3. The van der Waals surface area contributed by atoms with Crippen LogP contribution in [0.2, 0.25) is 5.02 Å². The number of rotatable bonds is 3. The molecule has 0 spiro atoms. The fraction of sp³-hybridized carbons (Fsp3) is 0.250. The molecule has 7 heteroatoms. The molecule has 0 N–H and O–H groups in total. The molecule has 1 aromatic heterocycles. The Hall–Kier alpha value is -1.66. The van der Waals surface area contributed by atoms with E-state index in [1.54, 1.807) is 4.57 Å². The number of aryl methyl sites for hydroxylation is 1. The first-order valence-electron chi connectivity index (χ1n) is 5.50. The molecule has 19 heavy (non-hydrogen) atoms.